The second kappa shape index (κ2) is 10.0. The average molecular weight is 425 g/mol. The lowest BCUT2D eigenvalue weighted by Gasteiger charge is -2.08. The van der Waals surface area contributed by atoms with Gasteiger partial charge in [0.2, 0.25) is 11.8 Å². The number of hydrogen-bond donors (Lipinski definition) is 3. The van der Waals surface area contributed by atoms with E-state index in [2.05, 4.69) is 10.6 Å². The van der Waals surface area contributed by atoms with Crippen LogP contribution in [-0.2, 0) is 14.4 Å². The first kappa shape index (κ1) is 20.8. The molecule has 6 nitrogen and oxygen atoms in total. The first-order chi connectivity index (χ1) is 12.8. The van der Waals surface area contributed by atoms with Gasteiger partial charge in [-0.1, -0.05) is 29.3 Å². The predicted octanol–water partition coefficient (Wildman–Crippen LogP) is 4.30. The summed E-state index contributed by atoms with van der Waals surface area (Å²) in [6, 6.07) is 11.6. The van der Waals surface area contributed by atoms with Gasteiger partial charge in [0.1, 0.15) is 0 Å². The Balaban J connectivity index is 1.92. The lowest BCUT2D eigenvalue weighted by molar-refractivity contribution is -0.131. The molecule has 0 atom stereocenters. The molecule has 0 unspecified atom stereocenters. The maximum Gasteiger partial charge on any atom is 0.328 e. The summed E-state index contributed by atoms with van der Waals surface area (Å²) in [6.07, 6.45) is 1.67. The fraction of sp³-hybridized carbons (Fsp3) is 0.0556. The zero-order chi connectivity index (χ0) is 19.8. The van der Waals surface area contributed by atoms with Gasteiger partial charge in [0, 0.05) is 27.8 Å². The molecule has 140 valence electrons. The van der Waals surface area contributed by atoms with E-state index in [1.807, 2.05) is 0 Å². The third kappa shape index (κ3) is 7.34. The van der Waals surface area contributed by atoms with Gasteiger partial charge in [-0.3, -0.25) is 9.59 Å². The van der Waals surface area contributed by atoms with Gasteiger partial charge in [-0.05, 0) is 36.4 Å². The third-order valence-electron chi connectivity index (χ3n) is 3.05. The van der Waals surface area contributed by atoms with Crippen LogP contribution >= 0.6 is 35.0 Å². The molecule has 27 heavy (non-hydrogen) atoms. The van der Waals surface area contributed by atoms with Crippen LogP contribution in [0.15, 0.2) is 59.5 Å². The molecular weight excluding hydrogens is 411 g/mol. The third-order valence-corrected chi connectivity index (χ3v) is 4.61. The Bertz CT molecular complexity index is 903. The Morgan fingerprint density at radius 2 is 1.81 bits per heavy atom. The zero-order valence-electron chi connectivity index (χ0n) is 13.7. The Hall–Kier alpha value is -2.48. The molecule has 2 amide bonds. The summed E-state index contributed by atoms with van der Waals surface area (Å²) >= 11 is 13.2. The van der Waals surface area contributed by atoms with Crippen molar-refractivity contribution in [3.05, 3.63) is 64.7 Å². The molecule has 0 fully saturated rings. The van der Waals surface area contributed by atoms with Crippen LogP contribution in [0.1, 0.15) is 0 Å². The van der Waals surface area contributed by atoms with Crippen LogP contribution in [0.4, 0.5) is 11.4 Å². The molecule has 0 aliphatic rings. The number of carboxylic acid groups (broad SMARTS) is 1. The number of carbonyl (C=O) groups excluding carboxylic acids is 2. The molecule has 0 bridgehead atoms. The van der Waals surface area contributed by atoms with E-state index < -0.39 is 11.9 Å². The van der Waals surface area contributed by atoms with Gasteiger partial charge in [0.25, 0.3) is 0 Å². The Labute approximate surface area is 169 Å². The minimum Gasteiger partial charge on any atom is -0.478 e. The van der Waals surface area contributed by atoms with E-state index >= 15 is 0 Å². The topological polar surface area (TPSA) is 95.5 Å². The summed E-state index contributed by atoms with van der Waals surface area (Å²) in [5.74, 6) is -1.91. The largest absolute Gasteiger partial charge is 0.478 e. The van der Waals surface area contributed by atoms with Crippen molar-refractivity contribution in [3.8, 4) is 0 Å². The molecule has 0 aliphatic heterocycles. The number of nitrogens with one attached hydrogen (secondary N) is 2. The van der Waals surface area contributed by atoms with Gasteiger partial charge in [-0.25, -0.2) is 4.79 Å². The minimum atomic E-state index is -1.21. The van der Waals surface area contributed by atoms with Crippen LogP contribution in [-0.4, -0.2) is 28.6 Å². The molecule has 0 spiro atoms. The van der Waals surface area contributed by atoms with E-state index in [4.69, 9.17) is 28.3 Å². The highest BCUT2D eigenvalue weighted by Crippen LogP contribution is 2.26. The quantitative estimate of drug-likeness (QED) is 0.454. The van der Waals surface area contributed by atoms with Gasteiger partial charge in [-0.2, -0.15) is 0 Å². The number of carbonyl (C=O) groups is 3. The van der Waals surface area contributed by atoms with Crippen molar-refractivity contribution in [1.82, 2.24) is 0 Å². The van der Waals surface area contributed by atoms with E-state index in [0.29, 0.717) is 21.4 Å². The SMILES string of the molecule is O=C(O)/C=C/C(=O)Nc1cccc(SCC(=O)Nc2cc(Cl)ccc2Cl)c1. The molecule has 2 aromatic rings. The molecule has 0 saturated heterocycles. The maximum atomic E-state index is 12.1. The van der Waals surface area contributed by atoms with Crippen molar-refractivity contribution in [2.75, 3.05) is 16.4 Å². The minimum absolute atomic E-state index is 0.124. The van der Waals surface area contributed by atoms with Crippen molar-refractivity contribution >= 4 is 64.1 Å². The summed E-state index contributed by atoms with van der Waals surface area (Å²) in [5.41, 5.74) is 0.916. The Morgan fingerprint density at radius 3 is 2.56 bits per heavy atom. The van der Waals surface area contributed by atoms with E-state index in [0.717, 1.165) is 17.0 Å². The van der Waals surface area contributed by atoms with E-state index in [-0.39, 0.29) is 11.7 Å². The summed E-state index contributed by atoms with van der Waals surface area (Å²) in [7, 11) is 0. The molecule has 2 aromatic carbocycles. The number of rotatable bonds is 7. The first-order valence-electron chi connectivity index (χ1n) is 7.53. The number of aliphatic carboxylic acids is 1. The standard InChI is InChI=1S/C18H14Cl2N2O4S/c19-11-4-5-14(20)15(8-11)22-17(24)10-27-13-3-1-2-12(9-13)21-16(23)6-7-18(25)26/h1-9H,10H2,(H,21,23)(H,22,24)(H,25,26)/b7-6+. The molecule has 0 saturated carbocycles. The van der Waals surface area contributed by atoms with Crippen molar-refractivity contribution in [2.24, 2.45) is 0 Å². The molecule has 0 aliphatic carbocycles. The highest BCUT2D eigenvalue weighted by molar-refractivity contribution is 8.00. The van der Waals surface area contributed by atoms with Crippen molar-refractivity contribution in [2.45, 2.75) is 4.90 Å². The zero-order valence-corrected chi connectivity index (χ0v) is 16.1. The summed E-state index contributed by atoms with van der Waals surface area (Å²) < 4.78 is 0. The van der Waals surface area contributed by atoms with E-state index in [1.54, 1.807) is 42.5 Å². The van der Waals surface area contributed by atoms with Crippen molar-refractivity contribution in [1.29, 1.82) is 0 Å². The van der Waals surface area contributed by atoms with E-state index in [9.17, 15) is 14.4 Å². The molecule has 0 aromatic heterocycles. The molecular formula is C18H14Cl2N2O4S. The number of amides is 2. The molecule has 0 heterocycles. The molecule has 2 rings (SSSR count). The van der Waals surface area contributed by atoms with E-state index in [1.165, 1.54) is 11.8 Å². The first-order valence-corrected chi connectivity index (χ1v) is 9.27. The second-order valence-electron chi connectivity index (χ2n) is 5.15. The van der Waals surface area contributed by atoms with Crippen LogP contribution < -0.4 is 10.6 Å². The predicted molar refractivity (Wildman–Crippen MR) is 108 cm³/mol. The number of benzene rings is 2. The number of halogens is 2. The molecule has 3 N–H and O–H groups in total. The van der Waals surface area contributed by atoms with Gasteiger partial charge >= 0.3 is 5.97 Å². The fourth-order valence-electron chi connectivity index (χ4n) is 1.92. The van der Waals surface area contributed by atoms with Crippen LogP contribution in [0.3, 0.4) is 0 Å². The van der Waals surface area contributed by atoms with Crippen LogP contribution in [0.25, 0.3) is 0 Å². The van der Waals surface area contributed by atoms with Crippen LogP contribution in [0.5, 0.6) is 0 Å². The molecule has 9 heteroatoms. The lowest BCUT2D eigenvalue weighted by atomic mass is 10.3. The highest BCUT2D eigenvalue weighted by Gasteiger charge is 2.08. The van der Waals surface area contributed by atoms with Crippen LogP contribution in [0, 0.1) is 0 Å². The Morgan fingerprint density at radius 1 is 1.04 bits per heavy atom. The maximum absolute atomic E-state index is 12.1. The smallest absolute Gasteiger partial charge is 0.328 e. The number of thioether (sulfide) groups is 1. The Kier molecular flexibility index (Phi) is 7.72. The van der Waals surface area contributed by atoms with Gasteiger partial charge in [0.05, 0.1) is 16.5 Å². The van der Waals surface area contributed by atoms with Crippen molar-refractivity contribution < 1.29 is 19.5 Å². The normalized spacial score (nSPS) is 10.6. The van der Waals surface area contributed by atoms with Gasteiger partial charge in [-0.15, -0.1) is 11.8 Å². The summed E-state index contributed by atoms with van der Waals surface area (Å²) in [5, 5.41) is 14.6. The van der Waals surface area contributed by atoms with Gasteiger partial charge < -0.3 is 15.7 Å². The monoisotopic (exact) mass is 424 g/mol. The lowest BCUT2D eigenvalue weighted by Crippen LogP contribution is -2.14. The summed E-state index contributed by atoms with van der Waals surface area (Å²) in [4.78, 5) is 34.9. The van der Waals surface area contributed by atoms with Crippen molar-refractivity contribution in [3.63, 3.8) is 0 Å². The highest BCUT2D eigenvalue weighted by atomic mass is 35.5. The second-order valence-corrected chi connectivity index (χ2v) is 7.04. The molecule has 0 radical (unpaired) electrons. The number of anilines is 2. The number of hydrogen-bond acceptors (Lipinski definition) is 4. The number of carboxylic acids is 1. The van der Waals surface area contributed by atoms with Crippen LogP contribution in [0.2, 0.25) is 10.0 Å². The average Bonchev–Trinajstić information content (AvgIpc) is 2.62. The summed E-state index contributed by atoms with van der Waals surface area (Å²) in [6.45, 7) is 0. The van der Waals surface area contributed by atoms with Gasteiger partial charge in [0.15, 0.2) is 0 Å². The fourth-order valence-corrected chi connectivity index (χ4v) is 3.01.